The van der Waals surface area contributed by atoms with Gasteiger partial charge in [-0.2, -0.15) is 0 Å². The number of rotatable bonds is 0. The summed E-state index contributed by atoms with van der Waals surface area (Å²) < 4.78 is 3.09. The number of fused-ring (bicyclic) bond motifs is 1. The molecule has 0 saturated carbocycles. The highest BCUT2D eigenvalue weighted by atomic mass is 79.9. The Hall–Kier alpha value is -0.470. The molecule has 0 aliphatic heterocycles. The largest absolute Gasteiger partial charge is 0.350 e. The number of halogens is 2. The van der Waals surface area contributed by atoms with E-state index in [1.807, 2.05) is 29.9 Å². The molecule has 12 heavy (non-hydrogen) atoms. The highest BCUT2D eigenvalue weighted by Gasteiger charge is 2.02. The molecule has 0 N–H and O–H groups in total. The van der Waals surface area contributed by atoms with E-state index in [4.69, 9.17) is 11.6 Å². The molecule has 1 nitrogen and oxygen atoms in total. The smallest absolute Gasteiger partial charge is 0.0504 e. The fourth-order valence-electron chi connectivity index (χ4n) is 1.29. The van der Waals surface area contributed by atoms with Crippen molar-refractivity contribution >= 4 is 38.4 Å². The van der Waals surface area contributed by atoms with Gasteiger partial charge in [0.2, 0.25) is 0 Å². The lowest BCUT2D eigenvalue weighted by Crippen LogP contribution is -1.83. The second-order valence-electron chi connectivity index (χ2n) is 2.75. The van der Waals surface area contributed by atoms with Crippen LogP contribution in [0.5, 0.6) is 0 Å². The zero-order chi connectivity index (χ0) is 8.72. The van der Waals surface area contributed by atoms with Crippen LogP contribution >= 0.6 is 27.5 Å². The Bertz CT molecular complexity index is 433. The summed E-state index contributed by atoms with van der Waals surface area (Å²) in [5.41, 5.74) is 1.15. The molecule has 0 radical (unpaired) electrons. The molecule has 0 aliphatic carbocycles. The van der Waals surface area contributed by atoms with E-state index >= 15 is 0 Å². The molecule has 2 rings (SSSR count). The molecule has 62 valence electrons. The predicted octanol–water partition coefficient (Wildman–Crippen LogP) is 3.59. The Morgan fingerprint density at radius 2 is 2.17 bits per heavy atom. The quantitative estimate of drug-likeness (QED) is 0.667. The molecule has 0 unspecified atom stereocenters. The van der Waals surface area contributed by atoms with Crippen molar-refractivity contribution < 1.29 is 0 Å². The fourth-order valence-corrected chi connectivity index (χ4v) is 2.22. The van der Waals surface area contributed by atoms with Crippen LogP contribution in [-0.2, 0) is 7.05 Å². The summed E-state index contributed by atoms with van der Waals surface area (Å²) in [5, 5.41) is 1.96. The lowest BCUT2D eigenvalue weighted by atomic mass is 10.2. The first-order valence-electron chi connectivity index (χ1n) is 3.58. The average Bonchev–Trinajstić information content (AvgIpc) is 2.33. The van der Waals surface area contributed by atoms with E-state index in [0.717, 1.165) is 15.0 Å². The minimum Gasteiger partial charge on any atom is -0.350 e. The van der Waals surface area contributed by atoms with Gasteiger partial charge in [-0.25, -0.2) is 0 Å². The Labute approximate surface area is 84.1 Å². The number of benzene rings is 1. The van der Waals surface area contributed by atoms with Crippen LogP contribution in [-0.4, -0.2) is 4.57 Å². The summed E-state index contributed by atoms with van der Waals surface area (Å²) in [6, 6.07) is 5.93. The summed E-state index contributed by atoms with van der Waals surface area (Å²) in [4.78, 5) is 0. The molecule has 0 spiro atoms. The molecule has 3 heteroatoms. The van der Waals surface area contributed by atoms with Crippen molar-refractivity contribution in [3.05, 3.63) is 33.9 Å². The molecular formula is C9H7BrClN. The summed E-state index contributed by atoms with van der Waals surface area (Å²) in [6.45, 7) is 0. The molecule has 0 aliphatic rings. The van der Waals surface area contributed by atoms with Crippen molar-refractivity contribution in [2.75, 3.05) is 0 Å². The number of aryl methyl sites for hydroxylation is 1. The fraction of sp³-hybridized carbons (Fsp3) is 0.111. The van der Waals surface area contributed by atoms with E-state index in [-0.39, 0.29) is 0 Å². The SMILES string of the molecule is Cn1ccc2c(Br)cc(Cl)cc21. The van der Waals surface area contributed by atoms with Crippen molar-refractivity contribution in [1.82, 2.24) is 4.57 Å². The minimum atomic E-state index is 0.760. The maximum atomic E-state index is 5.91. The third kappa shape index (κ3) is 1.15. The normalized spacial score (nSPS) is 10.9. The average molecular weight is 245 g/mol. The second kappa shape index (κ2) is 2.79. The van der Waals surface area contributed by atoms with Gasteiger partial charge in [0.15, 0.2) is 0 Å². The number of nitrogens with zero attached hydrogens (tertiary/aromatic N) is 1. The third-order valence-electron chi connectivity index (χ3n) is 1.92. The first kappa shape index (κ1) is 8.14. The molecule has 0 fully saturated rings. The molecule has 0 atom stereocenters. The summed E-state index contributed by atoms with van der Waals surface area (Å²) in [7, 11) is 2.01. The molecule has 2 aromatic rings. The molecule has 1 aromatic heterocycles. The van der Waals surface area contributed by atoms with Crippen molar-refractivity contribution in [3.8, 4) is 0 Å². The van der Waals surface area contributed by atoms with Gasteiger partial charge in [0.25, 0.3) is 0 Å². The van der Waals surface area contributed by atoms with Gasteiger partial charge in [-0.1, -0.05) is 27.5 Å². The zero-order valence-corrected chi connectivity index (χ0v) is 8.85. The van der Waals surface area contributed by atoms with Gasteiger partial charge in [0, 0.05) is 28.1 Å². The van der Waals surface area contributed by atoms with Gasteiger partial charge in [0.1, 0.15) is 0 Å². The Kier molecular flexibility index (Phi) is 1.89. The number of hydrogen-bond acceptors (Lipinski definition) is 0. The van der Waals surface area contributed by atoms with Crippen molar-refractivity contribution in [2.24, 2.45) is 7.05 Å². The van der Waals surface area contributed by atoms with Crippen LogP contribution in [0, 0.1) is 0 Å². The Morgan fingerprint density at radius 1 is 1.42 bits per heavy atom. The van der Waals surface area contributed by atoms with Crippen LogP contribution < -0.4 is 0 Å². The van der Waals surface area contributed by atoms with Gasteiger partial charge >= 0.3 is 0 Å². The monoisotopic (exact) mass is 243 g/mol. The van der Waals surface area contributed by atoms with Gasteiger partial charge in [-0.15, -0.1) is 0 Å². The van der Waals surface area contributed by atoms with Gasteiger partial charge < -0.3 is 4.57 Å². The van der Waals surface area contributed by atoms with E-state index in [1.165, 1.54) is 5.39 Å². The Morgan fingerprint density at radius 3 is 2.92 bits per heavy atom. The molecule has 0 saturated heterocycles. The predicted molar refractivity (Wildman–Crippen MR) is 55.6 cm³/mol. The first-order valence-corrected chi connectivity index (χ1v) is 4.75. The number of hydrogen-bond donors (Lipinski definition) is 0. The third-order valence-corrected chi connectivity index (χ3v) is 2.79. The van der Waals surface area contributed by atoms with Crippen LogP contribution in [0.1, 0.15) is 0 Å². The Balaban J connectivity index is 2.92. The maximum Gasteiger partial charge on any atom is 0.0504 e. The highest BCUT2D eigenvalue weighted by molar-refractivity contribution is 9.10. The lowest BCUT2D eigenvalue weighted by molar-refractivity contribution is 0.969. The van der Waals surface area contributed by atoms with E-state index in [2.05, 4.69) is 22.0 Å². The van der Waals surface area contributed by atoms with Crippen LogP contribution in [0.15, 0.2) is 28.9 Å². The standard InChI is InChI=1S/C9H7BrClN/c1-12-3-2-7-8(10)4-6(11)5-9(7)12/h2-5H,1H3. The van der Waals surface area contributed by atoms with E-state index < -0.39 is 0 Å². The molecular weight excluding hydrogens is 237 g/mol. The summed E-state index contributed by atoms with van der Waals surface area (Å²) in [5.74, 6) is 0. The van der Waals surface area contributed by atoms with Crippen LogP contribution in [0.4, 0.5) is 0 Å². The van der Waals surface area contributed by atoms with Crippen LogP contribution in [0.2, 0.25) is 5.02 Å². The van der Waals surface area contributed by atoms with Gasteiger partial charge in [-0.3, -0.25) is 0 Å². The van der Waals surface area contributed by atoms with E-state index in [0.29, 0.717) is 0 Å². The summed E-state index contributed by atoms with van der Waals surface area (Å²) in [6.07, 6.45) is 2.02. The summed E-state index contributed by atoms with van der Waals surface area (Å²) >= 11 is 9.37. The van der Waals surface area contributed by atoms with E-state index in [1.54, 1.807) is 0 Å². The molecule has 0 amide bonds. The van der Waals surface area contributed by atoms with Crippen molar-refractivity contribution in [1.29, 1.82) is 0 Å². The molecule has 0 bridgehead atoms. The zero-order valence-electron chi connectivity index (χ0n) is 6.51. The number of aromatic nitrogens is 1. The van der Waals surface area contributed by atoms with Gasteiger partial charge in [0.05, 0.1) is 5.52 Å². The topological polar surface area (TPSA) is 4.93 Å². The minimum absolute atomic E-state index is 0.760. The highest BCUT2D eigenvalue weighted by Crippen LogP contribution is 2.28. The molecule has 1 heterocycles. The second-order valence-corrected chi connectivity index (χ2v) is 4.04. The molecule has 1 aromatic carbocycles. The van der Waals surface area contributed by atoms with Crippen LogP contribution in [0.3, 0.4) is 0 Å². The first-order chi connectivity index (χ1) is 5.68. The maximum absolute atomic E-state index is 5.91. The van der Waals surface area contributed by atoms with Crippen LogP contribution in [0.25, 0.3) is 10.9 Å². The van der Waals surface area contributed by atoms with Gasteiger partial charge in [-0.05, 0) is 18.2 Å². The van der Waals surface area contributed by atoms with Crippen molar-refractivity contribution in [2.45, 2.75) is 0 Å². The lowest BCUT2D eigenvalue weighted by Gasteiger charge is -1.98. The van der Waals surface area contributed by atoms with Crippen molar-refractivity contribution in [3.63, 3.8) is 0 Å². The van der Waals surface area contributed by atoms with E-state index in [9.17, 15) is 0 Å².